The van der Waals surface area contributed by atoms with Crippen LogP contribution in [0.5, 0.6) is 0 Å². The molecule has 124 valence electrons. The van der Waals surface area contributed by atoms with Gasteiger partial charge in [-0.05, 0) is 18.2 Å². The summed E-state index contributed by atoms with van der Waals surface area (Å²) in [6.07, 6.45) is 1.18. The summed E-state index contributed by atoms with van der Waals surface area (Å²) < 4.78 is 32.8. The number of rotatable bonds is 3. The van der Waals surface area contributed by atoms with Crippen molar-refractivity contribution < 1.29 is 17.8 Å². The van der Waals surface area contributed by atoms with Gasteiger partial charge in [-0.1, -0.05) is 12.1 Å². The first kappa shape index (κ1) is 15.7. The zero-order chi connectivity index (χ0) is 17.3. The molecule has 2 aromatic rings. The number of nitrogens with one attached hydrogen (secondary N) is 1. The largest absolute Gasteiger partial charge is 0.433 e. The summed E-state index contributed by atoms with van der Waals surface area (Å²) in [6.45, 7) is 0. The van der Waals surface area contributed by atoms with Crippen LogP contribution in [0.25, 0.3) is 0 Å². The van der Waals surface area contributed by atoms with E-state index in [-0.39, 0.29) is 16.6 Å². The third-order valence-electron chi connectivity index (χ3n) is 3.18. The summed E-state index contributed by atoms with van der Waals surface area (Å²) in [4.78, 5) is 11.5. The second kappa shape index (κ2) is 5.77. The molecule has 0 saturated heterocycles. The molecule has 0 aliphatic carbocycles. The van der Waals surface area contributed by atoms with E-state index in [2.05, 4.69) is 14.9 Å². The predicted molar refractivity (Wildman–Crippen MR) is 85.6 cm³/mol. The average molecular weight is 349 g/mol. The van der Waals surface area contributed by atoms with Crippen LogP contribution < -0.4 is 10.3 Å². The molecule has 3 rings (SSSR count). The van der Waals surface area contributed by atoms with E-state index < -0.39 is 20.8 Å². The summed E-state index contributed by atoms with van der Waals surface area (Å²) in [7, 11) is -2.20. The normalized spacial score (nSPS) is 15.9. The van der Waals surface area contributed by atoms with Crippen molar-refractivity contribution in [2.24, 2.45) is 9.50 Å². The highest BCUT2D eigenvalue weighted by atomic mass is 32.2. The first-order valence-electron chi connectivity index (χ1n) is 6.59. The fourth-order valence-corrected chi connectivity index (χ4v) is 3.26. The molecule has 24 heavy (non-hydrogen) atoms. The number of nitrogens with zero attached hydrogens (tertiary/aromatic N) is 4. The highest BCUT2D eigenvalue weighted by Gasteiger charge is 2.28. The molecule has 0 spiro atoms. The van der Waals surface area contributed by atoms with Crippen LogP contribution in [-0.4, -0.2) is 32.6 Å². The summed E-state index contributed by atoms with van der Waals surface area (Å²) in [6, 6.07) is 8.97. The number of benzene rings is 1. The van der Waals surface area contributed by atoms with Gasteiger partial charge in [0.15, 0.2) is 5.76 Å². The Labute approximate surface area is 136 Å². The van der Waals surface area contributed by atoms with Crippen LogP contribution in [-0.2, 0) is 10.0 Å². The molecule has 11 heteroatoms. The van der Waals surface area contributed by atoms with Crippen LogP contribution in [0.1, 0.15) is 5.76 Å². The highest BCUT2D eigenvalue weighted by molar-refractivity contribution is 7.90. The van der Waals surface area contributed by atoms with Gasteiger partial charge >= 0.3 is 5.88 Å². The number of para-hydroxylation sites is 1. The van der Waals surface area contributed by atoms with E-state index in [1.807, 2.05) is 0 Å². The van der Waals surface area contributed by atoms with E-state index in [0.717, 1.165) is 0 Å². The third kappa shape index (κ3) is 2.84. The molecule has 1 aliphatic heterocycles. The molecule has 0 fully saturated rings. The van der Waals surface area contributed by atoms with Crippen LogP contribution in [0.3, 0.4) is 0 Å². The zero-order valence-electron chi connectivity index (χ0n) is 12.3. The molecular weight excluding hydrogens is 338 g/mol. The van der Waals surface area contributed by atoms with Crippen LogP contribution >= 0.6 is 0 Å². The van der Waals surface area contributed by atoms with E-state index in [0.29, 0.717) is 5.69 Å². The summed E-state index contributed by atoms with van der Waals surface area (Å²) in [5, 5.41) is 14.3. The number of fused-ring (bicyclic) bond motifs is 1. The van der Waals surface area contributed by atoms with E-state index in [4.69, 9.17) is 4.42 Å². The maximum absolute atomic E-state index is 12.1. The van der Waals surface area contributed by atoms with E-state index in [1.54, 1.807) is 25.2 Å². The molecule has 0 bridgehead atoms. The van der Waals surface area contributed by atoms with Crippen molar-refractivity contribution in [2.45, 2.75) is 4.90 Å². The minimum Gasteiger partial charge on any atom is -0.400 e. The Hall–Kier alpha value is -3.21. The van der Waals surface area contributed by atoms with Gasteiger partial charge in [-0.15, -0.1) is 4.40 Å². The zero-order valence-corrected chi connectivity index (χ0v) is 13.1. The Morgan fingerprint density at radius 1 is 1.33 bits per heavy atom. The van der Waals surface area contributed by atoms with E-state index in [1.165, 1.54) is 29.3 Å². The minimum absolute atomic E-state index is 0.00833. The Morgan fingerprint density at radius 2 is 2.08 bits per heavy atom. The number of hydrogen-bond donors (Lipinski definition) is 1. The van der Waals surface area contributed by atoms with Crippen molar-refractivity contribution in [1.29, 1.82) is 0 Å². The lowest BCUT2D eigenvalue weighted by Gasteiger charge is -2.25. The van der Waals surface area contributed by atoms with Gasteiger partial charge in [0.25, 0.3) is 10.0 Å². The first-order chi connectivity index (χ1) is 11.4. The highest BCUT2D eigenvalue weighted by Crippen LogP contribution is 2.29. The Balaban J connectivity index is 1.81. The molecule has 1 N–H and O–H groups in total. The molecule has 1 aromatic carbocycles. The van der Waals surface area contributed by atoms with Crippen LogP contribution in [0.4, 0.5) is 11.6 Å². The maximum atomic E-state index is 12.1. The quantitative estimate of drug-likeness (QED) is 0.502. The molecule has 1 aliphatic rings. The van der Waals surface area contributed by atoms with Crippen molar-refractivity contribution >= 4 is 33.8 Å². The van der Waals surface area contributed by atoms with Gasteiger partial charge in [-0.3, -0.25) is 10.1 Å². The molecule has 1 aromatic heterocycles. The van der Waals surface area contributed by atoms with Gasteiger partial charge in [-0.2, -0.15) is 13.5 Å². The minimum atomic E-state index is -3.83. The molecule has 0 unspecified atom stereocenters. The molecule has 0 amide bonds. The topological polar surface area (TPSA) is 130 Å². The molecule has 0 radical (unpaired) electrons. The van der Waals surface area contributed by atoms with Crippen molar-refractivity contribution in [3.63, 3.8) is 0 Å². The number of sulfonamides is 1. The summed E-state index contributed by atoms with van der Waals surface area (Å²) in [5.41, 5.74) is 2.95. The molecular formula is C13H11N5O5S. The average Bonchev–Trinajstić information content (AvgIpc) is 3.01. The van der Waals surface area contributed by atoms with Crippen molar-refractivity contribution in [1.82, 2.24) is 5.43 Å². The van der Waals surface area contributed by atoms with E-state index in [9.17, 15) is 18.5 Å². The second-order valence-corrected chi connectivity index (χ2v) is 6.29. The SMILES string of the molecule is CN1C(N/N=C/c2ccc([N+](=O)[O-])o2)=NS(=O)(=O)c2ccccc21. The fourth-order valence-electron chi connectivity index (χ4n) is 2.05. The van der Waals surface area contributed by atoms with Crippen molar-refractivity contribution in [3.05, 3.63) is 52.3 Å². The Kier molecular flexibility index (Phi) is 3.77. The van der Waals surface area contributed by atoms with Gasteiger partial charge in [0.2, 0.25) is 5.96 Å². The van der Waals surface area contributed by atoms with Gasteiger partial charge in [-0.25, -0.2) is 5.43 Å². The van der Waals surface area contributed by atoms with Crippen LogP contribution in [0, 0.1) is 10.1 Å². The van der Waals surface area contributed by atoms with Gasteiger partial charge in [0.05, 0.1) is 18.0 Å². The first-order valence-corrected chi connectivity index (χ1v) is 8.03. The van der Waals surface area contributed by atoms with Gasteiger partial charge < -0.3 is 9.32 Å². The van der Waals surface area contributed by atoms with Crippen molar-refractivity contribution in [3.8, 4) is 0 Å². The Morgan fingerprint density at radius 3 is 2.79 bits per heavy atom. The van der Waals surface area contributed by atoms with Gasteiger partial charge in [0.1, 0.15) is 9.82 Å². The molecule has 0 saturated carbocycles. The molecule has 0 atom stereocenters. The standard InChI is InChI=1S/C13H11N5O5S/c1-17-10-4-2-3-5-11(10)24(21,22)16-13(17)15-14-8-9-6-7-12(23-9)18(19)20/h2-8H,1H3,(H,15,16)/b14-8+. The van der Waals surface area contributed by atoms with Crippen LogP contribution in [0.15, 0.2) is 55.2 Å². The third-order valence-corrected chi connectivity index (χ3v) is 4.49. The Bertz CT molecular complexity index is 963. The van der Waals surface area contributed by atoms with Crippen LogP contribution in [0.2, 0.25) is 0 Å². The monoisotopic (exact) mass is 349 g/mol. The second-order valence-electron chi connectivity index (χ2n) is 4.72. The molecule has 2 heterocycles. The lowest BCUT2D eigenvalue weighted by Crippen LogP contribution is -2.40. The lowest BCUT2D eigenvalue weighted by atomic mass is 10.3. The number of anilines is 1. The number of furan rings is 1. The predicted octanol–water partition coefficient (Wildman–Crippen LogP) is 1.31. The maximum Gasteiger partial charge on any atom is 0.433 e. The summed E-state index contributed by atoms with van der Waals surface area (Å²) >= 11 is 0. The van der Waals surface area contributed by atoms with E-state index >= 15 is 0 Å². The summed E-state index contributed by atoms with van der Waals surface area (Å²) in [5.74, 6) is -0.289. The number of hydrazone groups is 1. The lowest BCUT2D eigenvalue weighted by molar-refractivity contribution is -0.402. The van der Waals surface area contributed by atoms with Gasteiger partial charge in [0, 0.05) is 7.05 Å². The molecule has 10 nitrogen and oxygen atoms in total. The van der Waals surface area contributed by atoms with Crippen molar-refractivity contribution in [2.75, 3.05) is 11.9 Å². The number of nitro groups is 1. The smallest absolute Gasteiger partial charge is 0.400 e. The number of guanidine groups is 1. The fraction of sp³-hybridized carbons (Fsp3) is 0.0769. The number of hydrogen-bond acceptors (Lipinski definition) is 8.